The van der Waals surface area contributed by atoms with Gasteiger partial charge in [-0.25, -0.2) is 9.07 Å². The van der Waals surface area contributed by atoms with Crippen LogP contribution >= 0.6 is 0 Å². The SMILES string of the molecule is Cc1cc(C)n(-c2ccc(NC(=O)CNC(=O)[C@@H](N)C(C)C)cc2F)n1. The normalized spacial score (nSPS) is 12.1. The summed E-state index contributed by atoms with van der Waals surface area (Å²) in [6.07, 6.45) is 0. The average Bonchev–Trinajstić information content (AvgIpc) is 2.90. The zero-order valence-corrected chi connectivity index (χ0v) is 15.3. The highest BCUT2D eigenvalue weighted by Gasteiger charge is 2.18. The van der Waals surface area contributed by atoms with E-state index in [1.807, 2.05) is 33.8 Å². The first-order valence-electron chi connectivity index (χ1n) is 8.35. The van der Waals surface area contributed by atoms with Crippen molar-refractivity contribution in [2.24, 2.45) is 11.7 Å². The van der Waals surface area contributed by atoms with E-state index in [4.69, 9.17) is 5.73 Å². The second-order valence-corrected chi connectivity index (χ2v) is 6.54. The molecule has 0 radical (unpaired) electrons. The Morgan fingerprint density at radius 1 is 1.27 bits per heavy atom. The van der Waals surface area contributed by atoms with Crippen LogP contribution < -0.4 is 16.4 Å². The molecule has 0 spiro atoms. The Bertz CT molecular complexity index is 816. The van der Waals surface area contributed by atoms with Gasteiger partial charge in [-0.2, -0.15) is 5.10 Å². The summed E-state index contributed by atoms with van der Waals surface area (Å²) >= 11 is 0. The van der Waals surface area contributed by atoms with Crippen LogP contribution in [0.25, 0.3) is 5.69 Å². The summed E-state index contributed by atoms with van der Waals surface area (Å²) in [5.41, 5.74) is 7.89. The summed E-state index contributed by atoms with van der Waals surface area (Å²) in [5.74, 6) is -1.41. The van der Waals surface area contributed by atoms with Crippen molar-refractivity contribution in [3.63, 3.8) is 0 Å². The maximum Gasteiger partial charge on any atom is 0.243 e. The molecule has 26 heavy (non-hydrogen) atoms. The minimum Gasteiger partial charge on any atom is -0.346 e. The average molecular weight is 361 g/mol. The van der Waals surface area contributed by atoms with Crippen LogP contribution in [0.2, 0.25) is 0 Å². The number of nitrogens with one attached hydrogen (secondary N) is 2. The summed E-state index contributed by atoms with van der Waals surface area (Å²) in [5, 5.41) is 9.24. The zero-order chi connectivity index (χ0) is 19.4. The van der Waals surface area contributed by atoms with E-state index in [0.29, 0.717) is 11.4 Å². The third-order valence-corrected chi connectivity index (χ3v) is 3.91. The van der Waals surface area contributed by atoms with Gasteiger partial charge in [0, 0.05) is 11.4 Å². The standard InChI is InChI=1S/C18H24FN5O2/c1-10(2)17(20)18(26)21-9-16(25)22-13-5-6-15(14(19)8-13)24-12(4)7-11(3)23-24/h5-8,10,17H,9,20H2,1-4H3,(H,21,26)(H,22,25)/t17-/m0/s1. The van der Waals surface area contributed by atoms with Gasteiger partial charge in [-0.15, -0.1) is 0 Å². The van der Waals surface area contributed by atoms with Gasteiger partial charge in [0.2, 0.25) is 11.8 Å². The minimum atomic E-state index is -0.680. The number of hydrogen-bond donors (Lipinski definition) is 3. The third-order valence-electron chi connectivity index (χ3n) is 3.91. The molecule has 0 saturated carbocycles. The number of anilines is 1. The molecule has 8 heteroatoms. The molecule has 1 atom stereocenters. The number of carbonyl (C=O) groups is 2. The number of rotatable bonds is 6. The number of aryl methyl sites for hydroxylation is 2. The first-order chi connectivity index (χ1) is 12.2. The Balaban J connectivity index is 2.00. The van der Waals surface area contributed by atoms with Gasteiger partial charge in [-0.05, 0) is 44.0 Å². The summed E-state index contributed by atoms with van der Waals surface area (Å²) in [7, 11) is 0. The fraction of sp³-hybridized carbons (Fsp3) is 0.389. The Morgan fingerprint density at radius 3 is 2.50 bits per heavy atom. The Hall–Kier alpha value is -2.74. The van der Waals surface area contributed by atoms with Crippen LogP contribution in [0, 0.1) is 25.6 Å². The van der Waals surface area contributed by atoms with E-state index in [0.717, 1.165) is 11.4 Å². The first kappa shape index (κ1) is 19.6. The summed E-state index contributed by atoms with van der Waals surface area (Å²) < 4.78 is 15.9. The number of nitrogens with two attached hydrogens (primary N) is 1. The topological polar surface area (TPSA) is 102 Å². The van der Waals surface area contributed by atoms with E-state index in [1.165, 1.54) is 16.8 Å². The van der Waals surface area contributed by atoms with Crippen molar-refractivity contribution < 1.29 is 14.0 Å². The van der Waals surface area contributed by atoms with Crippen LogP contribution in [-0.4, -0.2) is 34.2 Å². The molecule has 4 N–H and O–H groups in total. The van der Waals surface area contributed by atoms with Crippen molar-refractivity contribution in [3.8, 4) is 5.69 Å². The monoisotopic (exact) mass is 361 g/mol. The van der Waals surface area contributed by atoms with Crippen molar-refractivity contribution in [1.82, 2.24) is 15.1 Å². The first-order valence-corrected chi connectivity index (χ1v) is 8.35. The Morgan fingerprint density at radius 2 is 1.96 bits per heavy atom. The number of hydrogen-bond acceptors (Lipinski definition) is 4. The van der Waals surface area contributed by atoms with Gasteiger partial charge in [-0.3, -0.25) is 9.59 Å². The number of halogens is 1. The van der Waals surface area contributed by atoms with Gasteiger partial charge in [-0.1, -0.05) is 13.8 Å². The second kappa shape index (κ2) is 8.09. The summed E-state index contributed by atoms with van der Waals surface area (Å²) in [4.78, 5) is 23.7. The van der Waals surface area contributed by atoms with Crippen molar-refractivity contribution in [2.45, 2.75) is 33.7 Å². The van der Waals surface area contributed by atoms with E-state index in [-0.39, 0.29) is 12.5 Å². The number of aromatic nitrogens is 2. The molecular formula is C18H24FN5O2. The highest BCUT2D eigenvalue weighted by Crippen LogP contribution is 2.19. The van der Waals surface area contributed by atoms with Crippen molar-refractivity contribution in [2.75, 3.05) is 11.9 Å². The van der Waals surface area contributed by atoms with E-state index in [9.17, 15) is 14.0 Å². The molecule has 1 aromatic heterocycles. The quantitative estimate of drug-likeness (QED) is 0.728. The maximum atomic E-state index is 14.4. The fourth-order valence-electron chi connectivity index (χ4n) is 2.42. The molecule has 2 aromatic rings. The third kappa shape index (κ3) is 4.66. The van der Waals surface area contributed by atoms with Gasteiger partial charge in [0.1, 0.15) is 5.69 Å². The number of benzene rings is 1. The van der Waals surface area contributed by atoms with Gasteiger partial charge >= 0.3 is 0 Å². The predicted molar refractivity (Wildman–Crippen MR) is 97.4 cm³/mol. The largest absolute Gasteiger partial charge is 0.346 e. The van der Waals surface area contributed by atoms with Gasteiger partial charge in [0.05, 0.1) is 18.3 Å². The molecule has 0 bridgehead atoms. The lowest BCUT2D eigenvalue weighted by Crippen LogP contribution is -2.46. The van der Waals surface area contributed by atoms with Crippen LogP contribution in [0.1, 0.15) is 25.2 Å². The van der Waals surface area contributed by atoms with Crippen molar-refractivity contribution >= 4 is 17.5 Å². The smallest absolute Gasteiger partial charge is 0.243 e. The lowest BCUT2D eigenvalue weighted by Gasteiger charge is -2.15. The van der Waals surface area contributed by atoms with Crippen LogP contribution in [-0.2, 0) is 9.59 Å². The molecule has 2 rings (SSSR count). The van der Waals surface area contributed by atoms with E-state index in [1.54, 1.807) is 6.07 Å². The molecule has 1 heterocycles. The Kier molecular flexibility index (Phi) is 6.10. The minimum absolute atomic E-state index is 0.0332. The highest BCUT2D eigenvalue weighted by molar-refractivity contribution is 5.95. The molecule has 0 fully saturated rings. The summed E-state index contributed by atoms with van der Waals surface area (Å²) in [6.45, 7) is 7.06. The molecule has 1 aromatic carbocycles. The molecule has 2 amide bonds. The van der Waals surface area contributed by atoms with Gasteiger partial charge < -0.3 is 16.4 Å². The maximum absolute atomic E-state index is 14.4. The fourth-order valence-corrected chi connectivity index (χ4v) is 2.42. The molecule has 7 nitrogen and oxygen atoms in total. The molecular weight excluding hydrogens is 337 g/mol. The molecule has 0 aliphatic carbocycles. The second-order valence-electron chi connectivity index (χ2n) is 6.54. The zero-order valence-electron chi connectivity index (χ0n) is 15.3. The van der Waals surface area contributed by atoms with Crippen LogP contribution in [0.3, 0.4) is 0 Å². The lowest BCUT2D eigenvalue weighted by molar-refractivity contribution is -0.125. The van der Waals surface area contributed by atoms with E-state index >= 15 is 0 Å². The summed E-state index contributed by atoms with van der Waals surface area (Å²) in [6, 6.07) is 5.50. The predicted octanol–water partition coefficient (Wildman–Crippen LogP) is 1.67. The Labute approximate surface area is 151 Å². The number of carbonyl (C=O) groups excluding carboxylic acids is 2. The van der Waals surface area contributed by atoms with Gasteiger partial charge in [0.15, 0.2) is 5.82 Å². The van der Waals surface area contributed by atoms with Crippen molar-refractivity contribution in [3.05, 3.63) is 41.5 Å². The molecule has 0 aliphatic rings. The lowest BCUT2D eigenvalue weighted by atomic mass is 10.1. The van der Waals surface area contributed by atoms with Crippen LogP contribution in [0.5, 0.6) is 0 Å². The van der Waals surface area contributed by atoms with Crippen LogP contribution in [0.15, 0.2) is 24.3 Å². The van der Waals surface area contributed by atoms with Crippen molar-refractivity contribution in [1.29, 1.82) is 0 Å². The molecule has 0 unspecified atom stereocenters. The van der Waals surface area contributed by atoms with E-state index in [2.05, 4.69) is 15.7 Å². The van der Waals surface area contributed by atoms with Crippen LogP contribution in [0.4, 0.5) is 10.1 Å². The highest BCUT2D eigenvalue weighted by atomic mass is 19.1. The number of amides is 2. The molecule has 0 aliphatic heterocycles. The molecule has 0 saturated heterocycles. The molecule has 140 valence electrons. The van der Waals surface area contributed by atoms with Gasteiger partial charge in [0.25, 0.3) is 0 Å². The van der Waals surface area contributed by atoms with E-state index < -0.39 is 23.7 Å². The number of nitrogens with zero attached hydrogens (tertiary/aromatic N) is 2.